The van der Waals surface area contributed by atoms with Gasteiger partial charge in [-0.05, 0) is 30.2 Å². The molecular weight excluding hydrogens is 334 g/mol. The second kappa shape index (κ2) is 6.84. The summed E-state index contributed by atoms with van der Waals surface area (Å²) in [6, 6.07) is 1.76. The third kappa shape index (κ3) is 3.48. The molecule has 0 bridgehead atoms. The summed E-state index contributed by atoms with van der Waals surface area (Å²) >= 11 is 7.43. The zero-order valence-corrected chi connectivity index (χ0v) is 14.4. The first-order valence-electron chi connectivity index (χ1n) is 7.59. The minimum Gasteiger partial charge on any atom is -0.352 e. The lowest BCUT2D eigenvalue weighted by Gasteiger charge is -2.32. The Labute approximate surface area is 143 Å². The average Bonchev–Trinajstić information content (AvgIpc) is 2.97. The standard InChI is InChI=1S/C16H18ClN3O2S/c1-19-8-5-18-15(16(19)22)20-6-2-11(3-7-20)10-13(21)14-12(17)4-9-23-14/h4-5,8-9,11H,2-3,6-7,10H2,1H3. The predicted octanol–water partition coefficient (Wildman–Crippen LogP) is 2.98. The fraction of sp³-hybridized carbons (Fsp3) is 0.438. The molecule has 1 fully saturated rings. The SMILES string of the molecule is Cn1ccnc(N2CCC(CC(=O)c3sccc3Cl)CC2)c1=O. The highest BCUT2D eigenvalue weighted by Crippen LogP contribution is 2.28. The Balaban J connectivity index is 1.61. The van der Waals surface area contributed by atoms with Crippen LogP contribution in [0.2, 0.25) is 5.02 Å². The van der Waals surface area contributed by atoms with Gasteiger partial charge in [-0.15, -0.1) is 11.3 Å². The highest BCUT2D eigenvalue weighted by molar-refractivity contribution is 7.12. The number of anilines is 1. The zero-order chi connectivity index (χ0) is 16.4. The van der Waals surface area contributed by atoms with Gasteiger partial charge in [0.15, 0.2) is 11.6 Å². The van der Waals surface area contributed by atoms with Crippen LogP contribution < -0.4 is 10.5 Å². The van der Waals surface area contributed by atoms with Crippen LogP contribution in [0.3, 0.4) is 0 Å². The molecule has 0 unspecified atom stereocenters. The molecule has 7 heteroatoms. The Hall–Kier alpha value is -1.66. The van der Waals surface area contributed by atoms with Crippen molar-refractivity contribution < 1.29 is 4.79 Å². The van der Waals surface area contributed by atoms with E-state index in [-0.39, 0.29) is 11.3 Å². The maximum atomic E-state index is 12.3. The van der Waals surface area contributed by atoms with Gasteiger partial charge in [0, 0.05) is 39.0 Å². The first kappa shape index (κ1) is 16.2. The summed E-state index contributed by atoms with van der Waals surface area (Å²) in [5, 5.41) is 2.39. The molecule has 0 saturated carbocycles. The van der Waals surface area contributed by atoms with E-state index >= 15 is 0 Å². The van der Waals surface area contributed by atoms with Crippen LogP contribution in [0.5, 0.6) is 0 Å². The Morgan fingerprint density at radius 2 is 2.17 bits per heavy atom. The number of aromatic nitrogens is 2. The smallest absolute Gasteiger partial charge is 0.293 e. The maximum Gasteiger partial charge on any atom is 0.293 e. The van der Waals surface area contributed by atoms with Crippen molar-refractivity contribution in [1.29, 1.82) is 0 Å². The van der Waals surface area contributed by atoms with Gasteiger partial charge in [0.05, 0.1) is 9.90 Å². The van der Waals surface area contributed by atoms with Crippen molar-refractivity contribution in [2.75, 3.05) is 18.0 Å². The molecule has 5 nitrogen and oxygen atoms in total. The first-order valence-corrected chi connectivity index (χ1v) is 8.85. The van der Waals surface area contributed by atoms with Crippen molar-refractivity contribution in [3.8, 4) is 0 Å². The third-order valence-electron chi connectivity index (χ3n) is 4.26. The second-order valence-corrected chi connectivity index (χ2v) is 7.15. The fourth-order valence-corrected chi connectivity index (χ4v) is 4.01. The van der Waals surface area contributed by atoms with Crippen molar-refractivity contribution in [1.82, 2.24) is 9.55 Å². The lowest BCUT2D eigenvalue weighted by Crippen LogP contribution is -2.39. The van der Waals surface area contributed by atoms with Crippen LogP contribution in [0.4, 0.5) is 5.82 Å². The molecule has 0 atom stereocenters. The number of ketones is 1. The van der Waals surface area contributed by atoms with E-state index in [9.17, 15) is 9.59 Å². The third-order valence-corrected chi connectivity index (χ3v) is 5.64. The van der Waals surface area contributed by atoms with E-state index in [1.807, 2.05) is 10.3 Å². The molecule has 1 aliphatic rings. The number of piperidine rings is 1. The van der Waals surface area contributed by atoms with Gasteiger partial charge in [-0.25, -0.2) is 4.98 Å². The van der Waals surface area contributed by atoms with Gasteiger partial charge >= 0.3 is 0 Å². The van der Waals surface area contributed by atoms with Crippen LogP contribution in [0.15, 0.2) is 28.6 Å². The summed E-state index contributed by atoms with van der Waals surface area (Å²) in [6.45, 7) is 1.50. The molecule has 3 rings (SSSR count). The highest BCUT2D eigenvalue weighted by atomic mass is 35.5. The predicted molar refractivity (Wildman–Crippen MR) is 92.7 cm³/mol. The monoisotopic (exact) mass is 351 g/mol. The Morgan fingerprint density at radius 3 is 2.83 bits per heavy atom. The topological polar surface area (TPSA) is 55.2 Å². The molecule has 1 saturated heterocycles. The van der Waals surface area contributed by atoms with Crippen molar-refractivity contribution in [3.05, 3.63) is 44.1 Å². The first-order chi connectivity index (χ1) is 11.1. The van der Waals surface area contributed by atoms with Crippen LogP contribution in [0.1, 0.15) is 28.9 Å². The van der Waals surface area contributed by atoms with Crippen molar-refractivity contribution in [3.63, 3.8) is 0 Å². The zero-order valence-electron chi connectivity index (χ0n) is 12.9. The van der Waals surface area contributed by atoms with E-state index in [1.54, 1.807) is 25.5 Å². The van der Waals surface area contributed by atoms with Crippen LogP contribution >= 0.6 is 22.9 Å². The molecule has 0 aliphatic carbocycles. The summed E-state index contributed by atoms with van der Waals surface area (Å²) in [6.07, 6.45) is 5.59. The normalized spacial score (nSPS) is 15.8. The van der Waals surface area contributed by atoms with Gasteiger partial charge < -0.3 is 9.47 Å². The lowest BCUT2D eigenvalue weighted by molar-refractivity contribution is 0.0958. The highest BCUT2D eigenvalue weighted by Gasteiger charge is 2.25. The minimum absolute atomic E-state index is 0.0765. The summed E-state index contributed by atoms with van der Waals surface area (Å²) in [5.74, 6) is 0.961. The molecule has 1 aliphatic heterocycles. The second-order valence-electron chi connectivity index (χ2n) is 5.82. The summed E-state index contributed by atoms with van der Waals surface area (Å²) in [7, 11) is 1.73. The number of carbonyl (C=O) groups excluding carboxylic acids is 1. The summed E-state index contributed by atoms with van der Waals surface area (Å²) in [4.78, 5) is 31.3. The van der Waals surface area contributed by atoms with Crippen LogP contribution in [-0.4, -0.2) is 28.4 Å². The molecule has 3 heterocycles. The van der Waals surface area contributed by atoms with Crippen molar-refractivity contribution in [2.24, 2.45) is 13.0 Å². The van der Waals surface area contributed by atoms with Crippen molar-refractivity contribution >= 4 is 34.5 Å². The molecule has 0 N–H and O–H groups in total. The number of aryl methyl sites for hydroxylation is 1. The molecule has 0 radical (unpaired) electrons. The quantitative estimate of drug-likeness (QED) is 0.795. The molecule has 0 amide bonds. The van der Waals surface area contributed by atoms with Crippen LogP contribution in [0.25, 0.3) is 0 Å². The number of nitrogens with zero attached hydrogens (tertiary/aromatic N) is 3. The number of thiophene rings is 1. The van der Waals surface area contributed by atoms with E-state index in [4.69, 9.17) is 11.6 Å². The van der Waals surface area contributed by atoms with E-state index in [2.05, 4.69) is 4.98 Å². The number of rotatable bonds is 4. The Kier molecular flexibility index (Phi) is 4.82. The van der Waals surface area contributed by atoms with Gasteiger partial charge in [-0.2, -0.15) is 0 Å². The van der Waals surface area contributed by atoms with Gasteiger partial charge in [0.1, 0.15) is 0 Å². The summed E-state index contributed by atoms with van der Waals surface area (Å²) < 4.78 is 1.54. The van der Waals surface area contributed by atoms with E-state index in [0.717, 1.165) is 25.9 Å². The molecule has 2 aromatic rings. The van der Waals surface area contributed by atoms with Crippen LogP contribution in [0, 0.1) is 5.92 Å². The van der Waals surface area contributed by atoms with Gasteiger partial charge in [-0.1, -0.05) is 11.6 Å². The largest absolute Gasteiger partial charge is 0.352 e. The van der Waals surface area contributed by atoms with Gasteiger partial charge in [0.25, 0.3) is 5.56 Å². The number of carbonyl (C=O) groups is 1. The molecule has 0 spiro atoms. The number of hydrogen-bond acceptors (Lipinski definition) is 5. The van der Waals surface area contributed by atoms with Crippen molar-refractivity contribution in [2.45, 2.75) is 19.3 Å². The molecule has 2 aromatic heterocycles. The lowest BCUT2D eigenvalue weighted by atomic mass is 9.91. The molecule has 0 aromatic carbocycles. The van der Waals surface area contributed by atoms with Crippen LogP contribution in [-0.2, 0) is 7.05 Å². The molecule has 23 heavy (non-hydrogen) atoms. The molecular formula is C16H18ClN3O2S. The van der Waals surface area contributed by atoms with Gasteiger partial charge in [-0.3, -0.25) is 9.59 Å². The number of halogens is 1. The Morgan fingerprint density at radius 1 is 1.43 bits per heavy atom. The van der Waals surface area contributed by atoms with E-state index < -0.39 is 0 Å². The minimum atomic E-state index is -0.0765. The Bertz CT molecular complexity index is 763. The van der Waals surface area contributed by atoms with Gasteiger partial charge in [0.2, 0.25) is 0 Å². The van der Waals surface area contributed by atoms with E-state index in [0.29, 0.717) is 28.1 Å². The molecule has 122 valence electrons. The fourth-order valence-electron chi connectivity index (χ4n) is 2.90. The summed E-state index contributed by atoms with van der Waals surface area (Å²) in [5.41, 5.74) is -0.0765. The maximum absolute atomic E-state index is 12.3. The average molecular weight is 352 g/mol. The number of hydrogen-bond donors (Lipinski definition) is 0. The van der Waals surface area contributed by atoms with E-state index in [1.165, 1.54) is 15.9 Å². The number of Topliss-reactive ketones (excluding diaryl/α,β-unsaturated/α-hetero) is 1.